The van der Waals surface area contributed by atoms with Crippen LogP contribution < -0.4 is 20.5 Å². The predicted octanol–water partition coefficient (Wildman–Crippen LogP) is 3.78. The smallest absolute Gasteiger partial charge is 0.248 e. The summed E-state index contributed by atoms with van der Waals surface area (Å²) in [6, 6.07) is 12.9. The highest BCUT2D eigenvalue weighted by atomic mass is 16.7. The monoisotopic (exact) mass is 437 g/mol. The van der Waals surface area contributed by atoms with Crippen molar-refractivity contribution < 1.29 is 19.1 Å². The number of carbonyl (C=O) groups excluding carboxylic acids is 2. The van der Waals surface area contributed by atoms with Crippen LogP contribution in [0.2, 0.25) is 0 Å². The first-order valence-corrected chi connectivity index (χ1v) is 11.2. The van der Waals surface area contributed by atoms with Crippen molar-refractivity contribution in [1.29, 1.82) is 0 Å². The van der Waals surface area contributed by atoms with Gasteiger partial charge in [-0.25, -0.2) is 0 Å². The van der Waals surface area contributed by atoms with E-state index in [1.165, 1.54) is 12.8 Å². The second-order valence-corrected chi connectivity index (χ2v) is 8.92. The van der Waals surface area contributed by atoms with Crippen molar-refractivity contribution in [3.63, 3.8) is 0 Å². The Balaban J connectivity index is 1.49. The quantitative estimate of drug-likeness (QED) is 0.688. The third kappa shape index (κ3) is 5.05. The van der Waals surface area contributed by atoms with Gasteiger partial charge in [0.1, 0.15) is 0 Å². The summed E-state index contributed by atoms with van der Waals surface area (Å²) in [5.74, 6) is 2.07. The number of rotatable bonds is 7. The van der Waals surface area contributed by atoms with Gasteiger partial charge in [-0.15, -0.1) is 0 Å². The normalized spacial score (nSPS) is 22.0. The van der Waals surface area contributed by atoms with Gasteiger partial charge < -0.3 is 20.5 Å². The van der Waals surface area contributed by atoms with Crippen molar-refractivity contribution in [3.05, 3.63) is 53.6 Å². The number of ether oxygens (including phenoxy) is 2. The molecule has 0 radical (unpaired) electrons. The average molecular weight is 438 g/mol. The van der Waals surface area contributed by atoms with Gasteiger partial charge in [-0.2, -0.15) is 0 Å². The first-order valence-electron chi connectivity index (χ1n) is 11.2. The number of carbonyl (C=O) groups is 2. The second-order valence-electron chi connectivity index (χ2n) is 8.92. The molecule has 2 aromatic carbocycles. The van der Waals surface area contributed by atoms with Crippen LogP contribution in [0.15, 0.2) is 42.5 Å². The van der Waals surface area contributed by atoms with E-state index in [1.807, 2.05) is 18.2 Å². The molecule has 2 aliphatic rings. The lowest BCUT2D eigenvalue weighted by molar-refractivity contribution is -0.118. The molecule has 2 aromatic rings. The Morgan fingerprint density at radius 3 is 2.56 bits per heavy atom. The number of benzene rings is 2. The standard InChI is InChI=1S/C25H31N3O4/c1-16-4-3-5-21(17(16)2)28(13-18-6-11-22-23(12-18)32-15-31-22)14-24(29)27-20-9-7-19(8-10-20)25(26)30/h6-12,16-17,21H,3-5,13-15H2,1-2H3,(H2,26,30)(H,27,29)/t16-,17-,21+/m1/s1. The Morgan fingerprint density at radius 1 is 1.06 bits per heavy atom. The molecule has 0 bridgehead atoms. The summed E-state index contributed by atoms with van der Waals surface area (Å²) in [4.78, 5) is 26.5. The molecule has 170 valence electrons. The summed E-state index contributed by atoms with van der Waals surface area (Å²) in [7, 11) is 0. The fourth-order valence-corrected chi connectivity index (χ4v) is 4.74. The van der Waals surface area contributed by atoms with Crippen molar-refractivity contribution in [1.82, 2.24) is 4.90 Å². The van der Waals surface area contributed by atoms with Crippen molar-refractivity contribution in [2.45, 2.75) is 45.7 Å². The highest BCUT2D eigenvalue weighted by Crippen LogP contribution is 2.36. The lowest BCUT2D eigenvalue weighted by atomic mass is 9.77. The van der Waals surface area contributed by atoms with E-state index in [0.717, 1.165) is 23.5 Å². The van der Waals surface area contributed by atoms with Crippen LogP contribution in [0.25, 0.3) is 0 Å². The maximum atomic E-state index is 13.0. The molecular weight excluding hydrogens is 406 g/mol. The zero-order chi connectivity index (χ0) is 22.7. The van der Waals surface area contributed by atoms with E-state index < -0.39 is 5.91 Å². The van der Waals surface area contributed by atoms with E-state index in [4.69, 9.17) is 15.2 Å². The van der Waals surface area contributed by atoms with Gasteiger partial charge in [0.15, 0.2) is 11.5 Å². The summed E-state index contributed by atoms with van der Waals surface area (Å²) >= 11 is 0. The van der Waals surface area contributed by atoms with Gasteiger partial charge in [0, 0.05) is 23.8 Å². The molecule has 1 fully saturated rings. The van der Waals surface area contributed by atoms with Crippen LogP contribution in [0.1, 0.15) is 49.0 Å². The van der Waals surface area contributed by atoms with Gasteiger partial charge in [0.2, 0.25) is 18.6 Å². The Kier molecular flexibility index (Phi) is 6.65. The molecule has 1 aliphatic carbocycles. The highest BCUT2D eigenvalue weighted by molar-refractivity contribution is 5.95. The van der Waals surface area contributed by atoms with Crippen molar-refractivity contribution in [2.24, 2.45) is 17.6 Å². The Bertz CT molecular complexity index is 976. The van der Waals surface area contributed by atoms with E-state index in [1.54, 1.807) is 24.3 Å². The lowest BCUT2D eigenvalue weighted by Crippen LogP contribution is -2.46. The van der Waals surface area contributed by atoms with Gasteiger partial charge in [0.25, 0.3) is 0 Å². The average Bonchev–Trinajstić information content (AvgIpc) is 3.23. The number of anilines is 1. The maximum Gasteiger partial charge on any atom is 0.248 e. The molecule has 0 unspecified atom stereocenters. The summed E-state index contributed by atoms with van der Waals surface area (Å²) < 4.78 is 11.0. The molecule has 4 rings (SSSR count). The zero-order valence-electron chi connectivity index (χ0n) is 18.7. The van der Waals surface area contributed by atoms with E-state index >= 15 is 0 Å². The minimum absolute atomic E-state index is 0.0806. The number of nitrogens with one attached hydrogen (secondary N) is 1. The van der Waals surface area contributed by atoms with Crippen molar-refractivity contribution in [2.75, 3.05) is 18.7 Å². The fourth-order valence-electron chi connectivity index (χ4n) is 4.74. The fraction of sp³-hybridized carbons (Fsp3) is 0.440. The first kappa shape index (κ1) is 22.1. The molecule has 1 aliphatic heterocycles. The third-order valence-corrected chi connectivity index (χ3v) is 6.76. The van der Waals surface area contributed by atoms with Crippen LogP contribution in [-0.4, -0.2) is 36.1 Å². The Hall–Kier alpha value is -3.06. The number of nitrogens with two attached hydrogens (primary N) is 1. The van der Waals surface area contributed by atoms with Gasteiger partial charge in [-0.1, -0.05) is 32.8 Å². The second kappa shape index (κ2) is 9.61. The van der Waals surface area contributed by atoms with Crippen LogP contribution in [0, 0.1) is 11.8 Å². The number of hydrogen-bond acceptors (Lipinski definition) is 5. The number of fused-ring (bicyclic) bond motifs is 1. The van der Waals surface area contributed by atoms with Gasteiger partial charge in [-0.3, -0.25) is 14.5 Å². The van der Waals surface area contributed by atoms with Crippen molar-refractivity contribution >= 4 is 17.5 Å². The van der Waals surface area contributed by atoms with Crippen LogP contribution in [-0.2, 0) is 11.3 Å². The molecular formula is C25H31N3O4. The van der Waals surface area contributed by atoms with Crippen LogP contribution >= 0.6 is 0 Å². The largest absolute Gasteiger partial charge is 0.454 e. The molecule has 3 atom stereocenters. The van der Waals surface area contributed by atoms with E-state index in [2.05, 4.69) is 24.1 Å². The molecule has 7 heteroatoms. The van der Waals surface area contributed by atoms with Gasteiger partial charge in [-0.05, 0) is 60.2 Å². The highest BCUT2D eigenvalue weighted by Gasteiger charge is 2.32. The topological polar surface area (TPSA) is 93.9 Å². The molecule has 0 aromatic heterocycles. The molecule has 32 heavy (non-hydrogen) atoms. The Morgan fingerprint density at radius 2 is 1.81 bits per heavy atom. The van der Waals surface area contributed by atoms with Gasteiger partial charge >= 0.3 is 0 Å². The maximum absolute atomic E-state index is 13.0. The lowest BCUT2D eigenvalue weighted by Gasteiger charge is -2.41. The summed E-state index contributed by atoms with van der Waals surface area (Å²) in [5, 5.41) is 2.95. The first-order chi connectivity index (χ1) is 15.4. The van der Waals surface area contributed by atoms with E-state index in [-0.39, 0.29) is 19.2 Å². The molecule has 3 N–H and O–H groups in total. The minimum Gasteiger partial charge on any atom is -0.454 e. The van der Waals surface area contributed by atoms with Gasteiger partial charge in [0.05, 0.1) is 6.54 Å². The summed E-state index contributed by atoms with van der Waals surface area (Å²) in [5.41, 5.74) is 7.45. The van der Waals surface area contributed by atoms with E-state index in [9.17, 15) is 9.59 Å². The summed E-state index contributed by atoms with van der Waals surface area (Å²) in [6.45, 7) is 5.79. The van der Waals surface area contributed by atoms with Crippen molar-refractivity contribution in [3.8, 4) is 11.5 Å². The molecule has 0 spiro atoms. The predicted molar refractivity (Wildman–Crippen MR) is 123 cm³/mol. The molecule has 7 nitrogen and oxygen atoms in total. The van der Waals surface area contributed by atoms with Crippen LogP contribution in [0.5, 0.6) is 11.5 Å². The Labute approximate surface area is 188 Å². The van der Waals surface area contributed by atoms with Crippen LogP contribution in [0.3, 0.4) is 0 Å². The third-order valence-electron chi connectivity index (χ3n) is 6.76. The number of amides is 2. The molecule has 0 saturated heterocycles. The number of nitrogens with zero attached hydrogens (tertiary/aromatic N) is 1. The SMILES string of the molecule is C[C@@H]1[C@H](C)CCC[C@@H]1N(CC(=O)Nc1ccc(C(N)=O)cc1)Cc1ccc2c(c1)OCO2. The van der Waals surface area contributed by atoms with Crippen LogP contribution in [0.4, 0.5) is 5.69 Å². The number of hydrogen-bond donors (Lipinski definition) is 2. The molecule has 1 heterocycles. The zero-order valence-corrected chi connectivity index (χ0v) is 18.7. The molecule has 1 saturated carbocycles. The number of primary amides is 1. The summed E-state index contributed by atoms with van der Waals surface area (Å²) in [6.07, 6.45) is 3.48. The van der Waals surface area contributed by atoms with E-state index in [0.29, 0.717) is 35.7 Å². The minimum atomic E-state index is -0.488. The molecule has 2 amide bonds.